The zero-order chi connectivity index (χ0) is 43.8. The smallest absolute Gasteiger partial charge is 0.263 e. The highest BCUT2D eigenvalue weighted by Crippen LogP contribution is 2.34. The molecule has 5 aromatic rings. The van der Waals surface area contributed by atoms with Crippen molar-refractivity contribution in [3.63, 3.8) is 0 Å². The second kappa shape index (κ2) is 17.9. The molecule has 4 fully saturated rings. The van der Waals surface area contributed by atoms with Gasteiger partial charge in [-0.25, -0.2) is 15.0 Å². The van der Waals surface area contributed by atoms with E-state index in [2.05, 4.69) is 56.9 Å². The first-order valence-corrected chi connectivity index (χ1v) is 22.1. The molecule has 0 bridgehead atoms. The van der Waals surface area contributed by atoms with Crippen LogP contribution in [-0.2, 0) is 0 Å². The van der Waals surface area contributed by atoms with E-state index in [1.54, 1.807) is 29.8 Å². The van der Waals surface area contributed by atoms with E-state index in [1.807, 2.05) is 31.3 Å². The standard InChI is InChI=1S/C45H55FN14O3/c1-27-35-24-48-45(53-42(35)60(31-7-5-6-8-31)44(63)40(27)28(2)61)52-37-12-9-32(23-47-37)58-19-17-57(18-20-58)25-29-15-16-59(26-29)33-21-30(22-33)49-41-34(10-11-36(46)50-41)43(62)51-38-13-14-39(55-54-38)56(3)4/h9-14,23-24,29-31,33H,5-8,15-22,25-26H2,1-4H3,(H,49,50)(H,51,54,62)(H,47,48,52,53). The van der Waals surface area contributed by atoms with Gasteiger partial charge in [0.2, 0.25) is 11.9 Å². The predicted octanol–water partition coefficient (Wildman–Crippen LogP) is 5.29. The van der Waals surface area contributed by atoms with Crippen molar-refractivity contribution in [1.29, 1.82) is 0 Å². The first-order valence-electron chi connectivity index (χ1n) is 22.1. The first kappa shape index (κ1) is 42.2. The Bertz CT molecular complexity index is 2530. The van der Waals surface area contributed by atoms with Crippen LogP contribution in [0.2, 0.25) is 0 Å². The van der Waals surface area contributed by atoms with Crippen LogP contribution in [-0.4, -0.2) is 128 Å². The average Bonchev–Trinajstić information content (AvgIpc) is 3.96. The van der Waals surface area contributed by atoms with Crippen LogP contribution >= 0.6 is 0 Å². The molecule has 7 heterocycles. The highest BCUT2D eigenvalue weighted by Gasteiger charge is 2.38. The Labute approximate surface area is 365 Å². The number of hydrogen-bond donors (Lipinski definition) is 3. The third-order valence-corrected chi connectivity index (χ3v) is 13.2. The summed E-state index contributed by atoms with van der Waals surface area (Å²) in [6, 6.07) is 10.6. The van der Waals surface area contributed by atoms with Gasteiger partial charge < -0.3 is 25.8 Å². The van der Waals surface area contributed by atoms with Gasteiger partial charge in [-0.3, -0.25) is 28.8 Å². The second-order valence-corrected chi connectivity index (χ2v) is 17.7. The largest absolute Gasteiger partial charge is 0.368 e. The molecule has 2 saturated heterocycles. The van der Waals surface area contributed by atoms with E-state index < -0.39 is 11.9 Å². The number of amides is 1. The lowest BCUT2D eigenvalue weighted by Crippen LogP contribution is -2.50. The number of carbonyl (C=O) groups excluding carboxylic acids is 2. The van der Waals surface area contributed by atoms with Crippen molar-refractivity contribution in [3.8, 4) is 0 Å². The number of Topliss-reactive ketones (excluding diaryl/α,β-unsaturated/α-hetero) is 1. The molecule has 0 spiro atoms. The van der Waals surface area contributed by atoms with Crippen LogP contribution in [0.5, 0.6) is 0 Å². The predicted molar refractivity (Wildman–Crippen MR) is 241 cm³/mol. The summed E-state index contributed by atoms with van der Waals surface area (Å²) in [7, 11) is 3.72. The number of carbonyl (C=O) groups is 2. The molecule has 4 aliphatic rings. The molecule has 9 rings (SSSR count). The summed E-state index contributed by atoms with van der Waals surface area (Å²) in [4.78, 5) is 66.7. The number of aromatic nitrogens is 7. The molecule has 2 aliphatic heterocycles. The number of rotatable bonds is 13. The number of likely N-dealkylation sites (tertiary alicyclic amines) is 1. The van der Waals surface area contributed by atoms with Crippen LogP contribution in [0, 0.1) is 18.8 Å². The number of nitrogens with one attached hydrogen (secondary N) is 3. The van der Waals surface area contributed by atoms with Crippen LogP contribution < -0.4 is 31.3 Å². The number of piperazine rings is 1. The number of halogens is 1. The lowest BCUT2D eigenvalue weighted by molar-refractivity contribution is 0.101. The van der Waals surface area contributed by atoms with Gasteiger partial charge in [-0.15, -0.1) is 10.2 Å². The number of fused-ring (bicyclic) bond motifs is 1. The Hall–Kier alpha value is -6.14. The molecule has 2 saturated carbocycles. The van der Waals surface area contributed by atoms with Gasteiger partial charge in [0.05, 0.1) is 23.0 Å². The molecular weight excluding hydrogens is 804 g/mol. The highest BCUT2D eigenvalue weighted by atomic mass is 19.1. The van der Waals surface area contributed by atoms with Gasteiger partial charge in [0, 0.05) is 83.1 Å². The minimum absolute atomic E-state index is 0.0127. The number of nitrogens with zero attached hydrogens (tertiary/aromatic N) is 11. The lowest BCUT2D eigenvalue weighted by Gasteiger charge is -2.42. The quantitative estimate of drug-likeness (QED) is 0.103. The SMILES string of the molecule is CC(=O)c1c(C)c2cnc(Nc3ccc(N4CCN(CC5CCN(C6CC(Nc7nc(F)ccc7C(=O)Nc7ccc(N(C)C)nn7)C6)C5)CC4)cn3)nc2n(C2CCCC2)c1=O. The molecule has 1 amide bonds. The number of hydrogen-bond acceptors (Lipinski definition) is 15. The molecule has 0 radical (unpaired) electrons. The summed E-state index contributed by atoms with van der Waals surface area (Å²) in [6.45, 7) is 10.2. The maximum Gasteiger partial charge on any atom is 0.263 e. The van der Waals surface area contributed by atoms with E-state index in [-0.39, 0.29) is 40.4 Å². The molecule has 330 valence electrons. The van der Waals surface area contributed by atoms with Crippen LogP contribution in [0.3, 0.4) is 0 Å². The van der Waals surface area contributed by atoms with Gasteiger partial charge in [0.25, 0.3) is 11.5 Å². The molecule has 18 heteroatoms. The van der Waals surface area contributed by atoms with Crippen LogP contribution in [0.25, 0.3) is 11.0 Å². The summed E-state index contributed by atoms with van der Waals surface area (Å²) < 4.78 is 16.0. The van der Waals surface area contributed by atoms with E-state index in [0.29, 0.717) is 52.0 Å². The second-order valence-electron chi connectivity index (χ2n) is 17.7. The van der Waals surface area contributed by atoms with Crippen molar-refractivity contribution in [1.82, 2.24) is 44.5 Å². The molecule has 5 aromatic heterocycles. The average molecular weight is 859 g/mol. The van der Waals surface area contributed by atoms with E-state index in [4.69, 9.17) is 9.97 Å². The summed E-state index contributed by atoms with van der Waals surface area (Å²) in [6.07, 6.45) is 10.4. The van der Waals surface area contributed by atoms with Crippen molar-refractivity contribution in [2.45, 2.75) is 76.9 Å². The molecule has 1 unspecified atom stereocenters. The number of ketones is 1. The summed E-state index contributed by atoms with van der Waals surface area (Å²) >= 11 is 0. The third kappa shape index (κ3) is 9.04. The van der Waals surface area contributed by atoms with Gasteiger partial charge >= 0.3 is 0 Å². The Morgan fingerprint density at radius 3 is 2.35 bits per heavy atom. The number of anilines is 6. The maximum absolute atomic E-state index is 14.3. The normalized spacial score (nSPS) is 20.8. The highest BCUT2D eigenvalue weighted by molar-refractivity contribution is 6.07. The molecule has 17 nitrogen and oxygen atoms in total. The van der Waals surface area contributed by atoms with Crippen molar-refractivity contribution in [3.05, 3.63) is 81.8 Å². The lowest BCUT2D eigenvalue weighted by atomic mass is 9.85. The fourth-order valence-electron chi connectivity index (χ4n) is 9.71. The topological polar surface area (TPSA) is 183 Å². The maximum atomic E-state index is 14.3. The minimum atomic E-state index is -0.644. The van der Waals surface area contributed by atoms with E-state index in [9.17, 15) is 18.8 Å². The fraction of sp³-hybridized carbons (Fsp3) is 0.489. The van der Waals surface area contributed by atoms with Crippen LogP contribution in [0.4, 0.5) is 39.3 Å². The van der Waals surface area contributed by atoms with Crippen molar-refractivity contribution >= 4 is 57.6 Å². The molecule has 3 N–H and O–H groups in total. The Kier molecular flexibility index (Phi) is 12.0. The van der Waals surface area contributed by atoms with E-state index in [0.717, 1.165) is 90.0 Å². The van der Waals surface area contributed by atoms with Gasteiger partial charge in [-0.2, -0.15) is 9.37 Å². The molecule has 0 aromatic carbocycles. The van der Waals surface area contributed by atoms with Crippen LogP contribution in [0.15, 0.2) is 53.6 Å². The monoisotopic (exact) mass is 858 g/mol. The number of pyridine rings is 3. The molecule has 63 heavy (non-hydrogen) atoms. The fourth-order valence-corrected chi connectivity index (χ4v) is 9.71. The van der Waals surface area contributed by atoms with Gasteiger partial charge in [0.15, 0.2) is 17.4 Å². The Morgan fingerprint density at radius 2 is 1.65 bits per heavy atom. The summed E-state index contributed by atoms with van der Waals surface area (Å²) in [5.41, 5.74) is 2.44. The zero-order valence-electron chi connectivity index (χ0n) is 36.3. The van der Waals surface area contributed by atoms with Crippen molar-refractivity contribution in [2.75, 3.05) is 85.7 Å². The zero-order valence-corrected chi connectivity index (χ0v) is 36.3. The van der Waals surface area contributed by atoms with Crippen LogP contribution in [0.1, 0.15) is 84.2 Å². The van der Waals surface area contributed by atoms with Crippen molar-refractivity contribution < 1.29 is 14.0 Å². The molecule has 1 atom stereocenters. The molecule has 2 aliphatic carbocycles. The van der Waals surface area contributed by atoms with Gasteiger partial charge in [-0.05, 0) is 100 Å². The van der Waals surface area contributed by atoms with Gasteiger partial charge in [-0.1, -0.05) is 12.8 Å². The molecular formula is C45H55FN14O3. The van der Waals surface area contributed by atoms with E-state index in [1.165, 1.54) is 25.5 Å². The van der Waals surface area contributed by atoms with E-state index >= 15 is 0 Å². The third-order valence-electron chi connectivity index (χ3n) is 13.2. The summed E-state index contributed by atoms with van der Waals surface area (Å²) in [5.74, 6) is 1.47. The minimum Gasteiger partial charge on any atom is -0.368 e. The Balaban J connectivity index is 0.737. The first-order chi connectivity index (χ1) is 30.5. The van der Waals surface area contributed by atoms with Gasteiger partial charge in [0.1, 0.15) is 17.3 Å². The Morgan fingerprint density at radius 1 is 0.873 bits per heavy atom. The number of aryl methyl sites for hydroxylation is 1. The van der Waals surface area contributed by atoms with Crippen molar-refractivity contribution in [2.24, 2.45) is 5.92 Å². The summed E-state index contributed by atoms with van der Waals surface area (Å²) in [5, 5.41) is 18.2.